The number of aromatic amines is 1. The number of sulfonamides is 1. The molecule has 5 amide bonds. The first-order chi connectivity index (χ1) is 35.1. The molecule has 0 aliphatic heterocycles. The Bertz CT molecular complexity index is 1820. The van der Waals surface area contributed by atoms with Gasteiger partial charge in [0.15, 0.2) is 11.6 Å². The molecule has 0 radical (unpaired) electrons. The summed E-state index contributed by atoms with van der Waals surface area (Å²) in [5.74, 6) is -4.79. The third-order valence-electron chi connectivity index (χ3n) is 11.8. The Kier molecular flexibility index (Phi) is 39.1. The van der Waals surface area contributed by atoms with Gasteiger partial charge in [-0.15, -0.1) is 10.2 Å². The smallest absolute Gasteiger partial charge is 0.326 e. The summed E-state index contributed by atoms with van der Waals surface area (Å²) >= 11 is 0. The molecule has 8 N–H and O–H groups in total. The molecule has 24 heteroatoms. The minimum Gasteiger partial charge on any atom is -0.480 e. The number of hydrogen-bond acceptors (Lipinski definition) is 15. The summed E-state index contributed by atoms with van der Waals surface area (Å²) in [7, 11) is -3.79. The number of carboxylic acids is 2. The van der Waals surface area contributed by atoms with Crippen LogP contribution in [0.15, 0.2) is 0 Å². The number of H-pyrrole nitrogens is 1. The van der Waals surface area contributed by atoms with E-state index in [0.29, 0.717) is 19.4 Å². The van der Waals surface area contributed by atoms with Gasteiger partial charge in [-0.05, 0) is 51.9 Å². The Morgan fingerprint density at radius 3 is 1.48 bits per heavy atom. The number of carbonyl (C=O) groups is 8. The minimum atomic E-state index is -3.79. The van der Waals surface area contributed by atoms with Crippen molar-refractivity contribution in [3.63, 3.8) is 0 Å². The number of hydrogen-bond donors (Lipinski definition) is 8. The number of nitrogens with one attached hydrogen (secondary N) is 6. The lowest BCUT2D eigenvalue weighted by molar-refractivity contribution is -0.143. The van der Waals surface area contributed by atoms with Gasteiger partial charge in [-0.3, -0.25) is 33.5 Å². The third kappa shape index (κ3) is 41.0. The van der Waals surface area contributed by atoms with Crippen molar-refractivity contribution in [3.05, 3.63) is 5.82 Å². The van der Waals surface area contributed by atoms with Gasteiger partial charge in [0.2, 0.25) is 39.6 Å². The van der Waals surface area contributed by atoms with Crippen LogP contribution < -0.4 is 26.0 Å². The average molecular weight is 1060 g/mol. The average Bonchev–Trinajstić information content (AvgIpc) is 3.86. The maximum absolute atomic E-state index is 12.5. The summed E-state index contributed by atoms with van der Waals surface area (Å²) in [6.07, 6.45) is 22.8. The number of carboxylic acid groups (broad SMARTS) is 2. The Labute approximate surface area is 431 Å². The van der Waals surface area contributed by atoms with Crippen LogP contribution in [0, 0.1) is 0 Å². The number of aryl methyl sites for hydroxylation is 1. The van der Waals surface area contributed by atoms with E-state index in [2.05, 4.69) is 46.6 Å². The van der Waals surface area contributed by atoms with Crippen molar-refractivity contribution in [2.75, 3.05) is 38.8 Å². The summed E-state index contributed by atoms with van der Waals surface area (Å²) in [5, 5.41) is 43.0. The molecule has 2 atom stereocenters. The van der Waals surface area contributed by atoms with Crippen molar-refractivity contribution < 1.29 is 66.5 Å². The summed E-state index contributed by atoms with van der Waals surface area (Å²) in [6, 6.07) is -2.74. The predicted molar refractivity (Wildman–Crippen MR) is 271 cm³/mol. The molecule has 418 valence electrons. The summed E-state index contributed by atoms with van der Waals surface area (Å²) < 4.78 is 37.0. The minimum absolute atomic E-state index is 0.0455. The Morgan fingerprint density at radius 1 is 0.534 bits per heavy atom. The van der Waals surface area contributed by atoms with Crippen LogP contribution >= 0.6 is 0 Å². The molecule has 1 heterocycles. The van der Waals surface area contributed by atoms with Crippen LogP contribution in [0.1, 0.15) is 205 Å². The standard InChI is InChI=1S/C49H87N9O14S/c1-39(59)37-71-34-35-72-38-51-44(61)31-29-40(48(65)66)53-46(63)32-30-41(49(67)68)52-45(62)26-21-17-13-10-7-11-15-19-23-33-50-43(60)28-24-36-73(69,70)56-47(64)27-22-18-14-9-6-4-2-3-5-8-12-16-20-25-42-54-57-58-55-42/h40-41H,2-38H2,1H3,(H,50,60)(H,51,61)(H,52,62)(H,53,63)(H,56,64)(H,65,66)(H,67,68)(H,54,55,57,58). The third-order valence-corrected chi connectivity index (χ3v) is 13.2. The van der Waals surface area contributed by atoms with Crippen LogP contribution in [0.5, 0.6) is 0 Å². The van der Waals surface area contributed by atoms with Gasteiger partial charge in [-0.25, -0.2) is 18.0 Å². The second kappa shape index (κ2) is 43.3. The Hall–Kier alpha value is -5.10. The number of rotatable bonds is 50. The monoisotopic (exact) mass is 1060 g/mol. The van der Waals surface area contributed by atoms with Crippen molar-refractivity contribution in [2.45, 2.75) is 218 Å². The predicted octanol–water partition coefficient (Wildman–Crippen LogP) is 4.84. The van der Waals surface area contributed by atoms with Gasteiger partial charge in [0.05, 0.1) is 19.0 Å². The summed E-state index contributed by atoms with van der Waals surface area (Å²) in [4.78, 5) is 95.6. The Balaban J connectivity index is 2.00. The molecule has 0 bridgehead atoms. The van der Waals surface area contributed by atoms with E-state index in [1.54, 1.807) is 0 Å². The molecule has 0 fully saturated rings. The number of nitrogens with zero attached hydrogens (tertiary/aromatic N) is 3. The molecular formula is C49H87N9O14S. The van der Waals surface area contributed by atoms with Gasteiger partial charge in [-0.2, -0.15) is 5.21 Å². The van der Waals surface area contributed by atoms with Crippen LogP contribution in [0.25, 0.3) is 0 Å². The van der Waals surface area contributed by atoms with Crippen molar-refractivity contribution in [1.82, 2.24) is 46.6 Å². The molecule has 0 aromatic carbocycles. The molecule has 2 unspecified atom stereocenters. The molecule has 0 saturated carbocycles. The van der Waals surface area contributed by atoms with Gasteiger partial charge in [0, 0.05) is 45.1 Å². The highest BCUT2D eigenvalue weighted by Gasteiger charge is 2.24. The lowest BCUT2D eigenvalue weighted by Crippen LogP contribution is -2.44. The number of aliphatic carboxylic acids is 2. The molecule has 0 aliphatic rings. The normalized spacial score (nSPS) is 12.1. The molecule has 1 aromatic rings. The van der Waals surface area contributed by atoms with Gasteiger partial charge in [0.1, 0.15) is 25.4 Å². The van der Waals surface area contributed by atoms with Crippen LogP contribution in [0.2, 0.25) is 0 Å². The first-order valence-corrected chi connectivity index (χ1v) is 28.2. The molecule has 1 aromatic heterocycles. The number of Topliss-reactive ketones (excluding diaryl/α,β-unsaturated/α-hetero) is 1. The van der Waals surface area contributed by atoms with Gasteiger partial charge < -0.3 is 41.0 Å². The lowest BCUT2D eigenvalue weighted by Gasteiger charge is -2.17. The second-order valence-electron chi connectivity index (χ2n) is 18.6. The SMILES string of the molecule is CC(=O)COCCOCNC(=O)CCC(NC(=O)CCC(NC(=O)CCCCCCCCCCCNC(=O)CCCS(=O)(=O)NC(=O)CCCCCCCCCCCCCCCc1nn[nH]n1)C(=O)O)C(=O)O. The van der Waals surface area contributed by atoms with E-state index in [0.717, 1.165) is 89.3 Å². The molecule has 23 nitrogen and oxygen atoms in total. The topological polar surface area (TPSA) is 344 Å². The van der Waals surface area contributed by atoms with E-state index >= 15 is 0 Å². The zero-order valence-corrected chi connectivity index (χ0v) is 44.2. The number of ketones is 1. The molecule has 0 saturated heterocycles. The lowest BCUT2D eigenvalue weighted by atomic mass is 10.0. The van der Waals surface area contributed by atoms with Gasteiger partial charge >= 0.3 is 11.9 Å². The highest BCUT2D eigenvalue weighted by atomic mass is 32.2. The van der Waals surface area contributed by atoms with E-state index in [1.807, 2.05) is 0 Å². The van der Waals surface area contributed by atoms with E-state index < -0.39 is 57.7 Å². The summed E-state index contributed by atoms with van der Waals surface area (Å²) in [6.45, 7) is 1.95. The van der Waals surface area contributed by atoms with Crippen LogP contribution in [0.3, 0.4) is 0 Å². The fraction of sp³-hybridized carbons (Fsp3) is 0.816. The molecule has 0 spiro atoms. The van der Waals surface area contributed by atoms with Crippen molar-refractivity contribution in [2.24, 2.45) is 0 Å². The number of aromatic nitrogens is 4. The number of tetrazole rings is 1. The van der Waals surface area contributed by atoms with Crippen LogP contribution in [-0.4, -0.2) is 137 Å². The van der Waals surface area contributed by atoms with Gasteiger partial charge in [0.25, 0.3) is 0 Å². The zero-order chi connectivity index (χ0) is 53.8. The fourth-order valence-electron chi connectivity index (χ4n) is 7.69. The molecule has 0 aliphatic carbocycles. The van der Waals surface area contributed by atoms with Crippen LogP contribution in [0.4, 0.5) is 0 Å². The van der Waals surface area contributed by atoms with E-state index in [9.17, 15) is 57.0 Å². The maximum Gasteiger partial charge on any atom is 0.326 e. The first-order valence-electron chi connectivity index (χ1n) is 26.6. The van der Waals surface area contributed by atoms with E-state index in [4.69, 9.17) is 9.47 Å². The highest BCUT2D eigenvalue weighted by molar-refractivity contribution is 7.90. The second-order valence-corrected chi connectivity index (χ2v) is 20.4. The molecule has 73 heavy (non-hydrogen) atoms. The Morgan fingerprint density at radius 2 is 0.973 bits per heavy atom. The van der Waals surface area contributed by atoms with Crippen molar-refractivity contribution >= 4 is 57.3 Å². The van der Waals surface area contributed by atoms with Crippen molar-refractivity contribution in [1.29, 1.82) is 0 Å². The van der Waals surface area contributed by atoms with E-state index in [-0.39, 0.29) is 95.4 Å². The highest BCUT2D eigenvalue weighted by Crippen LogP contribution is 2.15. The quantitative estimate of drug-likeness (QED) is 0.0319. The molecule has 1 rings (SSSR count). The number of carbonyl (C=O) groups excluding carboxylic acids is 6. The first kappa shape index (κ1) is 65.9. The molecular weight excluding hydrogens is 971 g/mol. The van der Waals surface area contributed by atoms with Gasteiger partial charge in [-0.1, -0.05) is 121 Å². The van der Waals surface area contributed by atoms with E-state index in [1.165, 1.54) is 58.3 Å². The zero-order valence-electron chi connectivity index (χ0n) is 43.4. The van der Waals surface area contributed by atoms with Crippen molar-refractivity contribution in [3.8, 4) is 0 Å². The number of ether oxygens (including phenoxy) is 2. The number of unbranched alkanes of at least 4 members (excludes halogenated alkanes) is 20. The largest absolute Gasteiger partial charge is 0.480 e. The summed E-state index contributed by atoms with van der Waals surface area (Å²) in [5.41, 5.74) is 0. The van der Waals surface area contributed by atoms with Crippen LogP contribution in [-0.2, 0) is 64.3 Å². The number of amides is 5. The maximum atomic E-state index is 12.5. The fourth-order valence-corrected chi connectivity index (χ4v) is 8.76.